The first-order valence-corrected chi connectivity index (χ1v) is 5.84. The van der Waals surface area contributed by atoms with Gasteiger partial charge in [0.15, 0.2) is 11.0 Å². The van der Waals surface area contributed by atoms with Gasteiger partial charge in [0.1, 0.15) is 0 Å². The van der Waals surface area contributed by atoms with Crippen LogP contribution in [0.15, 0.2) is 18.2 Å². The Morgan fingerprint density at radius 2 is 1.53 bits per heavy atom. The monoisotopic (exact) mass is 308 g/mol. The second kappa shape index (κ2) is 5.23. The summed E-state index contributed by atoms with van der Waals surface area (Å²) in [6.45, 7) is 0. The lowest BCUT2D eigenvalue weighted by atomic mass is 10.3. The summed E-state index contributed by atoms with van der Waals surface area (Å²) in [5, 5.41) is 11.1. The molecule has 88 valence electrons. The summed E-state index contributed by atoms with van der Waals surface area (Å²) in [5.74, 6) is 0.282. The number of nitrogens with zero attached hydrogens (tertiary/aromatic N) is 3. The predicted molar refractivity (Wildman–Crippen MR) is 69.6 cm³/mol. The molecule has 0 amide bonds. The lowest BCUT2D eigenvalue weighted by Crippen LogP contribution is -1.98. The van der Waals surface area contributed by atoms with Crippen molar-refractivity contribution in [2.45, 2.75) is 0 Å². The second-order valence-electron chi connectivity index (χ2n) is 3.00. The van der Waals surface area contributed by atoms with Crippen LogP contribution in [-0.2, 0) is 0 Å². The fourth-order valence-electron chi connectivity index (χ4n) is 1.14. The highest BCUT2D eigenvalue weighted by Gasteiger charge is 2.07. The molecule has 0 bridgehead atoms. The van der Waals surface area contributed by atoms with Crippen LogP contribution in [-0.4, -0.2) is 15.2 Å². The molecule has 8 heteroatoms. The molecule has 0 saturated carbocycles. The van der Waals surface area contributed by atoms with Gasteiger partial charge >= 0.3 is 0 Å². The molecule has 1 aromatic heterocycles. The Kier molecular flexibility index (Phi) is 3.89. The SMILES string of the molecule is Clc1cc(Cl)cc(Nc2nc(Cl)nnc2Cl)c1. The number of nitrogens with one attached hydrogen (secondary N) is 1. The van der Waals surface area contributed by atoms with E-state index >= 15 is 0 Å². The fourth-order valence-corrected chi connectivity index (χ4v) is 1.91. The van der Waals surface area contributed by atoms with E-state index in [1.165, 1.54) is 0 Å². The van der Waals surface area contributed by atoms with Gasteiger partial charge in [-0.2, -0.15) is 4.98 Å². The Hall–Kier alpha value is -0.810. The molecular formula is C9H4Cl4N4. The van der Waals surface area contributed by atoms with Crippen molar-refractivity contribution in [3.63, 3.8) is 0 Å². The van der Waals surface area contributed by atoms with Crippen molar-refractivity contribution in [2.24, 2.45) is 0 Å². The molecule has 1 aromatic carbocycles. The molecule has 2 rings (SSSR count). The van der Waals surface area contributed by atoms with Gasteiger partial charge in [-0.1, -0.05) is 34.8 Å². The summed E-state index contributed by atoms with van der Waals surface area (Å²) in [5.41, 5.74) is 0.626. The van der Waals surface area contributed by atoms with Gasteiger partial charge in [0, 0.05) is 15.7 Å². The lowest BCUT2D eigenvalue weighted by Gasteiger charge is -2.07. The highest BCUT2D eigenvalue weighted by molar-refractivity contribution is 6.35. The normalized spacial score (nSPS) is 10.4. The summed E-state index contributed by atoms with van der Waals surface area (Å²) in [4.78, 5) is 3.89. The Morgan fingerprint density at radius 1 is 0.882 bits per heavy atom. The molecule has 17 heavy (non-hydrogen) atoms. The number of hydrogen-bond acceptors (Lipinski definition) is 4. The smallest absolute Gasteiger partial charge is 0.245 e. The van der Waals surface area contributed by atoms with Crippen LogP contribution in [0.4, 0.5) is 11.5 Å². The fraction of sp³-hybridized carbons (Fsp3) is 0. The molecule has 0 radical (unpaired) electrons. The van der Waals surface area contributed by atoms with Crippen LogP contribution in [0.3, 0.4) is 0 Å². The number of rotatable bonds is 2. The average molecular weight is 310 g/mol. The number of anilines is 2. The van der Waals surface area contributed by atoms with Crippen molar-refractivity contribution in [2.75, 3.05) is 5.32 Å². The van der Waals surface area contributed by atoms with E-state index in [1.54, 1.807) is 18.2 Å². The first-order valence-electron chi connectivity index (χ1n) is 4.33. The quantitative estimate of drug-likeness (QED) is 0.902. The molecule has 0 aliphatic heterocycles. The number of halogens is 4. The van der Waals surface area contributed by atoms with E-state index in [1.807, 2.05) is 0 Å². The molecule has 2 aromatic rings. The predicted octanol–water partition coefficient (Wildman–Crippen LogP) is 4.23. The van der Waals surface area contributed by atoms with Crippen LogP contribution >= 0.6 is 46.4 Å². The highest BCUT2D eigenvalue weighted by atomic mass is 35.5. The summed E-state index contributed by atoms with van der Waals surface area (Å²) >= 11 is 23.1. The molecule has 0 aliphatic carbocycles. The summed E-state index contributed by atoms with van der Waals surface area (Å²) in [7, 11) is 0. The summed E-state index contributed by atoms with van der Waals surface area (Å²) in [6, 6.07) is 4.95. The third kappa shape index (κ3) is 3.33. The van der Waals surface area contributed by atoms with Crippen LogP contribution < -0.4 is 5.32 Å². The van der Waals surface area contributed by atoms with Crippen molar-refractivity contribution in [3.8, 4) is 0 Å². The van der Waals surface area contributed by atoms with E-state index in [0.29, 0.717) is 15.7 Å². The molecule has 4 nitrogen and oxygen atoms in total. The molecule has 1 heterocycles. The van der Waals surface area contributed by atoms with E-state index in [2.05, 4.69) is 20.5 Å². The van der Waals surface area contributed by atoms with Crippen LogP contribution in [0.2, 0.25) is 20.5 Å². The van der Waals surface area contributed by atoms with Gasteiger partial charge in [-0.3, -0.25) is 0 Å². The first-order chi connectivity index (χ1) is 8.04. The van der Waals surface area contributed by atoms with Gasteiger partial charge in [0.2, 0.25) is 5.28 Å². The molecule has 0 spiro atoms. The van der Waals surface area contributed by atoms with Gasteiger partial charge < -0.3 is 5.32 Å². The maximum atomic E-state index is 5.86. The lowest BCUT2D eigenvalue weighted by molar-refractivity contribution is 0.975. The zero-order chi connectivity index (χ0) is 12.4. The molecule has 0 fully saturated rings. The molecule has 1 N–H and O–H groups in total. The average Bonchev–Trinajstić information content (AvgIpc) is 2.22. The van der Waals surface area contributed by atoms with Gasteiger partial charge in [0.25, 0.3) is 0 Å². The van der Waals surface area contributed by atoms with Crippen molar-refractivity contribution >= 4 is 57.9 Å². The number of aromatic nitrogens is 3. The van der Waals surface area contributed by atoms with Crippen molar-refractivity contribution in [1.29, 1.82) is 0 Å². The minimum Gasteiger partial charge on any atom is -0.337 e. The van der Waals surface area contributed by atoms with E-state index in [4.69, 9.17) is 46.4 Å². The molecule has 0 aliphatic rings. The minimum atomic E-state index is -0.00924. The van der Waals surface area contributed by atoms with Crippen LogP contribution in [0.1, 0.15) is 0 Å². The summed E-state index contributed by atoms with van der Waals surface area (Å²) in [6.07, 6.45) is 0. The maximum absolute atomic E-state index is 5.86. The van der Waals surface area contributed by atoms with Gasteiger partial charge in [-0.15, -0.1) is 10.2 Å². The van der Waals surface area contributed by atoms with Crippen LogP contribution in [0.25, 0.3) is 0 Å². The van der Waals surface area contributed by atoms with Crippen molar-refractivity contribution in [1.82, 2.24) is 15.2 Å². The third-order valence-corrected chi connectivity index (χ3v) is 2.60. The van der Waals surface area contributed by atoms with E-state index in [0.717, 1.165) is 0 Å². The topological polar surface area (TPSA) is 50.7 Å². The highest BCUT2D eigenvalue weighted by Crippen LogP contribution is 2.26. The molecule has 0 atom stereocenters. The maximum Gasteiger partial charge on any atom is 0.245 e. The van der Waals surface area contributed by atoms with E-state index in [-0.39, 0.29) is 16.3 Å². The largest absolute Gasteiger partial charge is 0.337 e. The minimum absolute atomic E-state index is 0.00924. The van der Waals surface area contributed by atoms with Gasteiger partial charge in [-0.25, -0.2) is 0 Å². The Bertz CT molecular complexity index is 540. The summed E-state index contributed by atoms with van der Waals surface area (Å²) < 4.78 is 0. The second-order valence-corrected chi connectivity index (χ2v) is 4.57. The Balaban J connectivity index is 2.34. The van der Waals surface area contributed by atoms with Gasteiger partial charge in [0.05, 0.1) is 0 Å². The molecule has 0 saturated heterocycles. The first kappa shape index (κ1) is 12.6. The number of benzene rings is 1. The van der Waals surface area contributed by atoms with Crippen molar-refractivity contribution in [3.05, 3.63) is 38.7 Å². The van der Waals surface area contributed by atoms with Gasteiger partial charge in [-0.05, 0) is 29.8 Å². The third-order valence-electron chi connectivity index (χ3n) is 1.75. The molecular weight excluding hydrogens is 306 g/mol. The molecule has 0 unspecified atom stereocenters. The van der Waals surface area contributed by atoms with Crippen LogP contribution in [0.5, 0.6) is 0 Å². The zero-order valence-corrected chi connectivity index (χ0v) is 11.1. The standard InChI is InChI=1S/C9H4Cl4N4/c10-4-1-5(11)3-6(2-4)14-8-7(12)16-17-9(13)15-8/h1-3H,(H,14,15,17). The van der Waals surface area contributed by atoms with Crippen LogP contribution in [0, 0.1) is 0 Å². The number of hydrogen-bond donors (Lipinski definition) is 1. The Morgan fingerprint density at radius 3 is 2.18 bits per heavy atom. The van der Waals surface area contributed by atoms with Crippen molar-refractivity contribution < 1.29 is 0 Å². The Labute approximate surface area is 117 Å². The zero-order valence-electron chi connectivity index (χ0n) is 8.09. The van der Waals surface area contributed by atoms with E-state index in [9.17, 15) is 0 Å². The van der Waals surface area contributed by atoms with E-state index < -0.39 is 0 Å².